The van der Waals surface area contributed by atoms with Crippen molar-refractivity contribution in [3.63, 3.8) is 0 Å². The van der Waals surface area contributed by atoms with E-state index in [1.165, 1.54) is 12.4 Å². The largest absolute Gasteiger partial charge is 0.408 e. The van der Waals surface area contributed by atoms with Gasteiger partial charge in [0.15, 0.2) is 5.82 Å². The fourth-order valence-electron chi connectivity index (χ4n) is 6.05. The molecule has 3 aromatic heterocycles. The topological polar surface area (TPSA) is 107 Å². The van der Waals surface area contributed by atoms with Gasteiger partial charge >= 0.3 is 12.2 Å². The minimum absolute atomic E-state index is 0.0149. The SMILES string of the molecule is COC1CN(c2nn(CC(F)(F)F)c3cc(-c4[nH]ncc4NC(=O)N4CC5(CC5)N(C)CC45CC5)ncc23)C1. The summed E-state index contributed by atoms with van der Waals surface area (Å²) in [4.78, 5) is 24.3. The number of nitrogens with one attached hydrogen (secondary N) is 2. The Morgan fingerprint density at radius 2 is 1.92 bits per heavy atom. The number of carbonyl (C=O) groups excluding carboxylic acids is 1. The second-order valence-electron chi connectivity index (χ2n) is 11.4. The number of aromatic amines is 1. The number of hydrogen-bond donors (Lipinski definition) is 2. The molecule has 4 fully saturated rings. The van der Waals surface area contributed by atoms with Crippen LogP contribution >= 0.6 is 0 Å². The monoisotopic (exact) mass is 545 g/mol. The number of anilines is 2. The standard InChI is InChI=1S/C25H30F3N9O2/c1-34-12-24(5-6-24)36(13-23(34)3-4-23)22(38)31-18-9-30-32-20(18)17-7-19-16(8-29-17)21(35-10-15(11-35)39-2)33-37(19)14-25(26,27)28/h7-9,15H,3-6,10-14H2,1-2H3,(H,30,32)(H,31,38). The van der Waals surface area contributed by atoms with E-state index >= 15 is 0 Å². The quantitative estimate of drug-likeness (QED) is 0.508. The zero-order valence-corrected chi connectivity index (χ0v) is 21.8. The summed E-state index contributed by atoms with van der Waals surface area (Å²) in [5, 5.41) is 14.8. The molecule has 3 aromatic rings. The molecule has 5 heterocycles. The van der Waals surface area contributed by atoms with Gasteiger partial charge in [-0.2, -0.15) is 23.4 Å². The van der Waals surface area contributed by atoms with Gasteiger partial charge in [0.1, 0.15) is 12.2 Å². The number of hydrogen-bond acceptors (Lipinski definition) is 7. The second-order valence-corrected chi connectivity index (χ2v) is 11.4. The van der Waals surface area contributed by atoms with Gasteiger partial charge in [-0.05, 0) is 38.8 Å². The molecule has 4 aliphatic rings. The lowest BCUT2D eigenvalue weighted by atomic mass is 10.0. The van der Waals surface area contributed by atoms with Crippen LogP contribution in [-0.4, -0.2) is 104 Å². The van der Waals surface area contributed by atoms with Crippen molar-refractivity contribution in [2.75, 3.05) is 50.6 Å². The fourth-order valence-corrected chi connectivity index (χ4v) is 6.05. The molecular formula is C25H30F3N9O2. The Balaban J connectivity index is 1.18. The number of halogens is 3. The van der Waals surface area contributed by atoms with Crippen LogP contribution in [0, 0.1) is 0 Å². The van der Waals surface area contributed by atoms with Crippen LogP contribution in [-0.2, 0) is 11.3 Å². The first kappa shape index (κ1) is 24.6. The van der Waals surface area contributed by atoms with Crippen molar-refractivity contribution < 1.29 is 22.7 Å². The lowest BCUT2D eigenvalue weighted by molar-refractivity contribution is -0.141. The number of piperazine rings is 1. The van der Waals surface area contributed by atoms with Gasteiger partial charge in [-0.1, -0.05) is 0 Å². The van der Waals surface area contributed by atoms with Crippen LogP contribution in [0.3, 0.4) is 0 Å². The number of likely N-dealkylation sites (N-methyl/N-ethyl adjacent to an activating group) is 1. The highest BCUT2D eigenvalue weighted by Gasteiger charge is 2.62. The van der Waals surface area contributed by atoms with E-state index in [1.807, 2.05) is 9.80 Å². The Kier molecular flexibility index (Phi) is 5.25. The third-order valence-corrected chi connectivity index (χ3v) is 8.83. The number of methoxy groups -OCH3 is 1. The highest BCUT2D eigenvalue weighted by atomic mass is 19.4. The van der Waals surface area contributed by atoms with E-state index < -0.39 is 12.7 Å². The Morgan fingerprint density at radius 3 is 2.59 bits per heavy atom. The zero-order valence-electron chi connectivity index (χ0n) is 21.8. The van der Waals surface area contributed by atoms with E-state index in [9.17, 15) is 18.0 Å². The number of H-pyrrole nitrogens is 1. The number of ether oxygens (including phenoxy) is 1. The second kappa shape index (κ2) is 8.31. The molecule has 7 rings (SSSR count). The van der Waals surface area contributed by atoms with Crippen molar-refractivity contribution >= 4 is 28.4 Å². The van der Waals surface area contributed by atoms with Gasteiger partial charge in [0, 0.05) is 45.0 Å². The van der Waals surface area contributed by atoms with Crippen molar-refractivity contribution in [1.29, 1.82) is 0 Å². The molecule has 2 spiro atoms. The molecule has 39 heavy (non-hydrogen) atoms. The summed E-state index contributed by atoms with van der Waals surface area (Å²) in [5.74, 6) is 0.443. The van der Waals surface area contributed by atoms with Gasteiger partial charge in [-0.3, -0.25) is 19.7 Å². The number of carbonyl (C=O) groups is 1. The number of rotatable bonds is 5. The van der Waals surface area contributed by atoms with Crippen LogP contribution < -0.4 is 10.2 Å². The molecule has 2 saturated heterocycles. The van der Waals surface area contributed by atoms with Crippen molar-refractivity contribution in [2.45, 2.75) is 55.6 Å². The van der Waals surface area contributed by atoms with Gasteiger partial charge in [-0.15, -0.1) is 0 Å². The third-order valence-electron chi connectivity index (χ3n) is 8.83. The van der Waals surface area contributed by atoms with Crippen molar-refractivity contribution in [2.24, 2.45) is 0 Å². The Labute approximate surface area is 222 Å². The molecule has 2 N–H and O–H groups in total. The number of pyridine rings is 1. The van der Waals surface area contributed by atoms with E-state index in [1.54, 1.807) is 13.2 Å². The first-order chi connectivity index (χ1) is 18.6. The number of aromatic nitrogens is 5. The maximum Gasteiger partial charge on any atom is 0.408 e. The first-order valence-electron chi connectivity index (χ1n) is 13.1. The van der Waals surface area contributed by atoms with Crippen LogP contribution in [0.2, 0.25) is 0 Å². The molecule has 2 aliphatic carbocycles. The predicted molar refractivity (Wildman–Crippen MR) is 136 cm³/mol. The fraction of sp³-hybridized carbons (Fsp3) is 0.600. The highest BCUT2D eigenvalue weighted by Crippen LogP contribution is 2.53. The maximum absolute atomic E-state index is 13.5. The van der Waals surface area contributed by atoms with Crippen LogP contribution in [0.25, 0.3) is 22.3 Å². The molecule has 14 heteroatoms. The Morgan fingerprint density at radius 1 is 1.18 bits per heavy atom. The van der Waals surface area contributed by atoms with Crippen molar-refractivity contribution in [3.8, 4) is 11.4 Å². The highest BCUT2D eigenvalue weighted by molar-refractivity contribution is 5.96. The summed E-state index contributed by atoms with van der Waals surface area (Å²) < 4.78 is 46.5. The molecule has 2 amide bonds. The molecule has 11 nitrogen and oxygen atoms in total. The van der Waals surface area contributed by atoms with Gasteiger partial charge in [0.05, 0.1) is 40.1 Å². The van der Waals surface area contributed by atoms with Crippen LogP contribution in [0.5, 0.6) is 0 Å². The number of urea groups is 1. The molecule has 2 aliphatic heterocycles. The van der Waals surface area contributed by atoms with E-state index in [0.29, 0.717) is 53.4 Å². The molecule has 208 valence electrons. The van der Waals surface area contributed by atoms with Crippen LogP contribution in [0.1, 0.15) is 25.7 Å². The minimum Gasteiger partial charge on any atom is -0.378 e. The van der Waals surface area contributed by atoms with E-state index in [0.717, 1.165) is 36.9 Å². The van der Waals surface area contributed by atoms with Gasteiger partial charge < -0.3 is 19.9 Å². The molecule has 0 unspecified atom stereocenters. The van der Waals surface area contributed by atoms with E-state index in [4.69, 9.17) is 4.74 Å². The molecule has 0 aromatic carbocycles. The summed E-state index contributed by atoms with van der Waals surface area (Å²) in [5.41, 5.74) is 1.46. The summed E-state index contributed by atoms with van der Waals surface area (Å²) in [6.45, 7) is 1.41. The molecule has 0 bridgehead atoms. The molecule has 0 atom stereocenters. The smallest absolute Gasteiger partial charge is 0.378 e. The average Bonchev–Trinajstić information content (AvgIpc) is 3.73. The zero-order chi connectivity index (χ0) is 27.2. The molecule has 2 saturated carbocycles. The minimum atomic E-state index is -4.45. The number of nitrogens with zero attached hydrogens (tertiary/aromatic N) is 7. The third kappa shape index (κ3) is 4.11. The van der Waals surface area contributed by atoms with Crippen molar-refractivity contribution in [1.82, 2.24) is 34.8 Å². The van der Waals surface area contributed by atoms with E-state index in [-0.39, 0.29) is 23.2 Å². The van der Waals surface area contributed by atoms with E-state index in [2.05, 4.69) is 37.5 Å². The summed E-state index contributed by atoms with van der Waals surface area (Å²) in [6, 6.07) is 1.37. The Hall–Kier alpha value is -3.39. The van der Waals surface area contributed by atoms with Crippen LogP contribution in [0.15, 0.2) is 18.5 Å². The number of amides is 2. The summed E-state index contributed by atoms with van der Waals surface area (Å²) >= 11 is 0. The molecule has 0 radical (unpaired) electrons. The Bertz CT molecular complexity index is 1440. The predicted octanol–water partition coefficient (Wildman–Crippen LogP) is 3.06. The maximum atomic E-state index is 13.5. The first-order valence-corrected chi connectivity index (χ1v) is 13.1. The average molecular weight is 546 g/mol. The number of alkyl halides is 3. The van der Waals surface area contributed by atoms with Gasteiger partial charge in [0.25, 0.3) is 0 Å². The normalized spacial score (nSPS) is 22.1. The summed E-state index contributed by atoms with van der Waals surface area (Å²) in [7, 11) is 3.75. The lowest BCUT2D eigenvalue weighted by Crippen LogP contribution is -2.62. The number of fused-ring (bicyclic) bond motifs is 1. The van der Waals surface area contributed by atoms with Crippen LogP contribution in [0.4, 0.5) is 29.5 Å². The summed E-state index contributed by atoms with van der Waals surface area (Å²) in [6.07, 6.45) is 2.73. The van der Waals surface area contributed by atoms with Crippen molar-refractivity contribution in [3.05, 3.63) is 18.5 Å². The van der Waals surface area contributed by atoms with Gasteiger partial charge in [-0.25, -0.2) is 4.79 Å². The molecular weight excluding hydrogens is 515 g/mol. The lowest BCUT2D eigenvalue weighted by Gasteiger charge is -2.46. The van der Waals surface area contributed by atoms with Gasteiger partial charge in [0.2, 0.25) is 0 Å².